The number of hydrogen-bond acceptors (Lipinski definition) is 3. The predicted octanol–water partition coefficient (Wildman–Crippen LogP) is 2.58. The molecule has 2 nitrogen and oxygen atoms in total. The molecule has 0 saturated carbocycles. The van der Waals surface area contributed by atoms with E-state index >= 15 is 0 Å². The lowest BCUT2D eigenvalue weighted by Crippen LogP contribution is -2.50. The summed E-state index contributed by atoms with van der Waals surface area (Å²) in [6.07, 6.45) is 5.43. The monoisotopic (exact) mass is 256 g/mol. The van der Waals surface area contributed by atoms with Crippen molar-refractivity contribution in [1.82, 2.24) is 4.90 Å². The van der Waals surface area contributed by atoms with Gasteiger partial charge in [-0.05, 0) is 55.2 Å². The summed E-state index contributed by atoms with van der Waals surface area (Å²) in [6.45, 7) is 8.19. The molecule has 2 saturated heterocycles. The van der Waals surface area contributed by atoms with Crippen LogP contribution in [0.3, 0.4) is 0 Å². The van der Waals surface area contributed by atoms with E-state index in [0.29, 0.717) is 11.5 Å². The summed E-state index contributed by atoms with van der Waals surface area (Å²) in [7, 11) is 0. The standard InChI is InChI=1S/C14H28N2S/c1-3-14(2)5-7-16(8-6-14)13(10-15)12-4-9-17-11-12/h12-13H,3-11,15H2,1-2H3. The van der Waals surface area contributed by atoms with E-state index in [4.69, 9.17) is 5.73 Å². The molecule has 2 rings (SSSR count). The van der Waals surface area contributed by atoms with Crippen LogP contribution in [0.15, 0.2) is 0 Å². The first-order chi connectivity index (χ1) is 8.18. The Bertz CT molecular complexity index is 230. The number of nitrogens with zero attached hydrogens (tertiary/aromatic N) is 1. The first-order valence-corrected chi connectivity index (χ1v) is 8.36. The van der Waals surface area contributed by atoms with E-state index < -0.39 is 0 Å². The molecule has 2 aliphatic heterocycles. The first kappa shape index (κ1) is 13.7. The second kappa shape index (κ2) is 5.94. The molecule has 2 aliphatic rings. The highest BCUT2D eigenvalue weighted by Gasteiger charge is 2.34. The predicted molar refractivity (Wildman–Crippen MR) is 77.5 cm³/mol. The van der Waals surface area contributed by atoms with Crippen LogP contribution in [0.25, 0.3) is 0 Å². The topological polar surface area (TPSA) is 29.3 Å². The molecular weight excluding hydrogens is 228 g/mol. The Morgan fingerprint density at radius 2 is 2.12 bits per heavy atom. The van der Waals surface area contributed by atoms with Gasteiger partial charge in [-0.1, -0.05) is 20.3 Å². The van der Waals surface area contributed by atoms with Crippen molar-refractivity contribution in [3.05, 3.63) is 0 Å². The zero-order chi connectivity index (χ0) is 12.3. The second-order valence-corrected chi connectivity index (χ2v) is 7.28. The molecule has 2 atom stereocenters. The van der Waals surface area contributed by atoms with Gasteiger partial charge in [-0.2, -0.15) is 11.8 Å². The van der Waals surface area contributed by atoms with Crippen molar-refractivity contribution < 1.29 is 0 Å². The van der Waals surface area contributed by atoms with Gasteiger partial charge in [0.15, 0.2) is 0 Å². The number of thioether (sulfide) groups is 1. The quantitative estimate of drug-likeness (QED) is 0.838. The highest BCUT2D eigenvalue weighted by atomic mass is 32.2. The maximum Gasteiger partial charge on any atom is 0.0254 e. The van der Waals surface area contributed by atoms with Gasteiger partial charge in [0.1, 0.15) is 0 Å². The van der Waals surface area contributed by atoms with E-state index in [0.717, 1.165) is 12.5 Å². The first-order valence-electron chi connectivity index (χ1n) is 7.20. The van der Waals surface area contributed by atoms with E-state index in [1.54, 1.807) is 0 Å². The summed E-state index contributed by atoms with van der Waals surface area (Å²) < 4.78 is 0. The van der Waals surface area contributed by atoms with Crippen LogP contribution in [0.1, 0.15) is 39.5 Å². The molecule has 0 aliphatic carbocycles. The molecule has 2 unspecified atom stereocenters. The highest BCUT2D eigenvalue weighted by Crippen LogP contribution is 2.36. The van der Waals surface area contributed by atoms with Gasteiger partial charge in [-0.3, -0.25) is 4.90 Å². The molecule has 2 N–H and O–H groups in total. The lowest BCUT2D eigenvalue weighted by atomic mass is 9.77. The minimum atomic E-state index is 0.597. The number of rotatable bonds is 4. The average molecular weight is 256 g/mol. The third-order valence-electron chi connectivity index (χ3n) is 5.08. The Morgan fingerprint density at radius 1 is 1.41 bits per heavy atom. The van der Waals surface area contributed by atoms with E-state index in [1.807, 2.05) is 0 Å². The second-order valence-electron chi connectivity index (χ2n) is 6.13. The van der Waals surface area contributed by atoms with E-state index in [-0.39, 0.29) is 0 Å². The van der Waals surface area contributed by atoms with Gasteiger partial charge in [0.05, 0.1) is 0 Å². The Labute approximate surface area is 111 Å². The molecule has 0 aromatic carbocycles. The van der Waals surface area contributed by atoms with Crippen LogP contribution in [-0.4, -0.2) is 42.1 Å². The Kier molecular flexibility index (Phi) is 4.79. The summed E-state index contributed by atoms with van der Waals surface area (Å²) in [5, 5.41) is 0. The van der Waals surface area contributed by atoms with Crippen LogP contribution in [-0.2, 0) is 0 Å². The van der Waals surface area contributed by atoms with Crippen molar-refractivity contribution in [2.75, 3.05) is 31.1 Å². The van der Waals surface area contributed by atoms with E-state index in [9.17, 15) is 0 Å². The third kappa shape index (κ3) is 3.18. The molecule has 3 heteroatoms. The maximum absolute atomic E-state index is 6.03. The van der Waals surface area contributed by atoms with Crippen molar-refractivity contribution >= 4 is 11.8 Å². The van der Waals surface area contributed by atoms with E-state index in [2.05, 4.69) is 30.5 Å². The van der Waals surface area contributed by atoms with Gasteiger partial charge in [-0.25, -0.2) is 0 Å². The Balaban J connectivity index is 1.89. The summed E-state index contributed by atoms with van der Waals surface area (Å²) in [6, 6.07) is 0.659. The van der Waals surface area contributed by atoms with Crippen LogP contribution >= 0.6 is 11.8 Å². The summed E-state index contributed by atoms with van der Waals surface area (Å²) in [4.78, 5) is 2.69. The molecule has 0 aromatic heterocycles. The van der Waals surface area contributed by atoms with Crippen molar-refractivity contribution in [2.45, 2.75) is 45.6 Å². The fraction of sp³-hybridized carbons (Fsp3) is 1.00. The lowest BCUT2D eigenvalue weighted by molar-refractivity contribution is 0.0641. The number of piperidine rings is 1. The molecule has 0 spiro atoms. The molecule has 17 heavy (non-hydrogen) atoms. The molecule has 0 radical (unpaired) electrons. The minimum absolute atomic E-state index is 0.597. The van der Waals surface area contributed by atoms with Crippen LogP contribution < -0.4 is 5.73 Å². The van der Waals surface area contributed by atoms with E-state index in [1.165, 1.54) is 50.3 Å². The number of nitrogens with two attached hydrogens (primary N) is 1. The van der Waals surface area contributed by atoms with Crippen LogP contribution in [0.2, 0.25) is 0 Å². The molecule has 0 amide bonds. The largest absolute Gasteiger partial charge is 0.329 e. The minimum Gasteiger partial charge on any atom is -0.329 e. The van der Waals surface area contributed by atoms with Gasteiger partial charge in [-0.15, -0.1) is 0 Å². The fourth-order valence-corrected chi connectivity index (χ4v) is 4.57. The number of likely N-dealkylation sites (tertiary alicyclic amines) is 1. The zero-order valence-corrected chi connectivity index (χ0v) is 12.3. The molecule has 0 aromatic rings. The van der Waals surface area contributed by atoms with Crippen molar-refractivity contribution in [3.63, 3.8) is 0 Å². The molecule has 100 valence electrons. The van der Waals surface area contributed by atoms with Crippen LogP contribution in [0, 0.1) is 11.3 Å². The van der Waals surface area contributed by atoms with Gasteiger partial charge < -0.3 is 5.73 Å². The lowest BCUT2D eigenvalue weighted by Gasteiger charge is -2.43. The SMILES string of the molecule is CCC1(C)CCN(C(CN)C2CCSC2)CC1. The Hall–Kier alpha value is 0.270. The van der Waals surface area contributed by atoms with Crippen molar-refractivity contribution in [3.8, 4) is 0 Å². The van der Waals surface area contributed by atoms with Gasteiger partial charge in [0, 0.05) is 12.6 Å². The highest BCUT2D eigenvalue weighted by molar-refractivity contribution is 7.99. The maximum atomic E-state index is 6.03. The van der Waals surface area contributed by atoms with Crippen molar-refractivity contribution in [2.24, 2.45) is 17.1 Å². The van der Waals surface area contributed by atoms with Crippen LogP contribution in [0.4, 0.5) is 0 Å². The summed E-state index contributed by atoms with van der Waals surface area (Å²) in [5.74, 6) is 3.54. The normalized spacial score (nSPS) is 31.6. The fourth-order valence-electron chi connectivity index (χ4n) is 3.24. The van der Waals surface area contributed by atoms with Gasteiger partial charge >= 0.3 is 0 Å². The van der Waals surface area contributed by atoms with Gasteiger partial charge in [0.25, 0.3) is 0 Å². The smallest absolute Gasteiger partial charge is 0.0254 e. The Morgan fingerprint density at radius 3 is 2.59 bits per heavy atom. The third-order valence-corrected chi connectivity index (χ3v) is 6.27. The molecule has 2 fully saturated rings. The summed E-state index contributed by atoms with van der Waals surface area (Å²) in [5.41, 5.74) is 6.63. The average Bonchev–Trinajstić information content (AvgIpc) is 2.87. The van der Waals surface area contributed by atoms with Crippen LogP contribution in [0.5, 0.6) is 0 Å². The molecule has 0 bridgehead atoms. The van der Waals surface area contributed by atoms with Gasteiger partial charge in [0.2, 0.25) is 0 Å². The van der Waals surface area contributed by atoms with Crippen molar-refractivity contribution in [1.29, 1.82) is 0 Å². The summed E-state index contributed by atoms with van der Waals surface area (Å²) >= 11 is 2.11. The molecular formula is C14H28N2S. The molecule has 2 heterocycles. The zero-order valence-electron chi connectivity index (χ0n) is 11.5. The number of hydrogen-bond donors (Lipinski definition) is 1.